The molecule has 0 saturated heterocycles. The molecule has 0 aromatic heterocycles. The number of terminal acetylenes is 1. The molecule has 0 heterocycles. The molecule has 0 spiro atoms. The van der Waals surface area contributed by atoms with Crippen molar-refractivity contribution in [3.63, 3.8) is 0 Å². The Hall–Kier alpha value is -1.03. The highest BCUT2D eigenvalue weighted by molar-refractivity contribution is 9.10. The Kier molecular flexibility index (Phi) is 6.53. The van der Waals surface area contributed by atoms with Crippen molar-refractivity contribution in [1.82, 2.24) is 5.32 Å². The second-order valence-electron chi connectivity index (χ2n) is 4.62. The molecule has 0 saturated carbocycles. The molecular formula is C14H18BrNO3S. The van der Waals surface area contributed by atoms with Gasteiger partial charge in [-0.1, -0.05) is 21.9 Å². The van der Waals surface area contributed by atoms with Crippen molar-refractivity contribution < 1.29 is 13.2 Å². The van der Waals surface area contributed by atoms with E-state index < -0.39 is 9.84 Å². The van der Waals surface area contributed by atoms with Crippen molar-refractivity contribution in [3.05, 3.63) is 28.2 Å². The third kappa shape index (κ3) is 6.42. The minimum absolute atomic E-state index is 0.0988. The quantitative estimate of drug-likeness (QED) is 0.756. The van der Waals surface area contributed by atoms with E-state index in [9.17, 15) is 8.42 Å². The predicted molar refractivity (Wildman–Crippen MR) is 84.5 cm³/mol. The van der Waals surface area contributed by atoms with Crippen molar-refractivity contribution in [2.24, 2.45) is 0 Å². The van der Waals surface area contributed by atoms with Crippen LogP contribution in [0.15, 0.2) is 22.7 Å². The van der Waals surface area contributed by atoms with Gasteiger partial charge in [0.25, 0.3) is 0 Å². The molecule has 4 nitrogen and oxygen atoms in total. The average molecular weight is 360 g/mol. The zero-order valence-electron chi connectivity index (χ0n) is 11.5. The van der Waals surface area contributed by atoms with E-state index >= 15 is 0 Å². The molecule has 1 aromatic rings. The van der Waals surface area contributed by atoms with Gasteiger partial charge in [-0.05, 0) is 25.1 Å². The largest absolute Gasteiger partial charge is 0.481 e. The van der Waals surface area contributed by atoms with Gasteiger partial charge >= 0.3 is 0 Å². The Labute approximate surface area is 129 Å². The summed E-state index contributed by atoms with van der Waals surface area (Å²) in [6.45, 7) is 2.55. The first-order chi connectivity index (χ1) is 9.31. The van der Waals surface area contributed by atoms with Crippen LogP contribution in [0.4, 0.5) is 0 Å². The minimum atomic E-state index is -2.99. The Morgan fingerprint density at radius 1 is 1.50 bits per heavy atom. The van der Waals surface area contributed by atoms with Crippen LogP contribution in [-0.2, 0) is 16.4 Å². The molecular weight excluding hydrogens is 342 g/mol. The number of hydrogen-bond donors (Lipinski definition) is 1. The number of rotatable bonds is 7. The van der Waals surface area contributed by atoms with Crippen LogP contribution < -0.4 is 10.1 Å². The topological polar surface area (TPSA) is 55.4 Å². The zero-order chi connectivity index (χ0) is 15.2. The molecule has 0 aliphatic carbocycles. The maximum atomic E-state index is 11.2. The lowest BCUT2D eigenvalue weighted by atomic mass is 10.2. The molecule has 0 aliphatic heterocycles. The summed E-state index contributed by atoms with van der Waals surface area (Å²) in [5.74, 6) is 3.22. The lowest BCUT2D eigenvalue weighted by molar-refractivity contribution is 0.364. The third-order valence-corrected chi connectivity index (χ3v) is 4.13. The molecule has 1 rings (SSSR count). The summed E-state index contributed by atoms with van der Waals surface area (Å²) in [5.41, 5.74) is 0.926. The van der Waals surface area contributed by atoms with Crippen LogP contribution in [-0.4, -0.2) is 33.1 Å². The summed E-state index contributed by atoms with van der Waals surface area (Å²) in [6.07, 6.45) is 6.41. The summed E-state index contributed by atoms with van der Waals surface area (Å²) >= 11 is 3.40. The molecule has 1 N–H and O–H groups in total. The molecule has 110 valence electrons. The fourth-order valence-corrected chi connectivity index (χ4v) is 3.18. The maximum absolute atomic E-state index is 11.2. The van der Waals surface area contributed by atoms with Crippen LogP contribution in [0.1, 0.15) is 12.5 Å². The van der Waals surface area contributed by atoms with Crippen LogP contribution in [0.2, 0.25) is 0 Å². The van der Waals surface area contributed by atoms with E-state index in [1.54, 1.807) is 0 Å². The summed E-state index contributed by atoms with van der Waals surface area (Å²) < 4.78 is 28.8. The van der Waals surface area contributed by atoms with Gasteiger partial charge in [-0.3, -0.25) is 0 Å². The van der Waals surface area contributed by atoms with Gasteiger partial charge in [-0.15, -0.1) is 6.42 Å². The van der Waals surface area contributed by atoms with E-state index in [4.69, 9.17) is 11.2 Å². The van der Waals surface area contributed by atoms with E-state index in [1.807, 2.05) is 25.1 Å². The van der Waals surface area contributed by atoms with Gasteiger partial charge in [-0.25, -0.2) is 8.42 Å². The van der Waals surface area contributed by atoms with Crippen LogP contribution in [0.25, 0.3) is 0 Å². The smallest absolute Gasteiger partial charge is 0.148 e. The van der Waals surface area contributed by atoms with Gasteiger partial charge in [0.15, 0.2) is 0 Å². The van der Waals surface area contributed by atoms with E-state index in [2.05, 4.69) is 27.2 Å². The van der Waals surface area contributed by atoms with Crippen LogP contribution in [0.3, 0.4) is 0 Å². The number of sulfone groups is 1. The fourth-order valence-electron chi connectivity index (χ4n) is 1.74. The molecule has 0 radical (unpaired) electrons. The van der Waals surface area contributed by atoms with Gasteiger partial charge < -0.3 is 10.1 Å². The van der Waals surface area contributed by atoms with Crippen molar-refractivity contribution in [2.75, 3.05) is 18.6 Å². The summed E-state index contributed by atoms with van der Waals surface area (Å²) in [7, 11) is -2.99. The molecule has 0 bridgehead atoms. The number of benzene rings is 1. The lowest BCUT2D eigenvalue weighted by Gasteiger charge is -2.15. The van der Waals surface area contributed by atoms with Crippen LogP contribution >= 0.6 is 15.9 Å². The molecule has 0 fully saturated rings. The summed E-state index contributed by atoms with van der Waals surface area (Å²) in [4.78, 5) is 0. The first kappa shape index (κ1) is 17.0. The van der Waals surface area contributed by atoms with E-state index in [-0.39, 0.29) is 18.4 Å². The number of ether oxygens (including phenoxy) is 1. The van der Waals surface area contributed by atoms with Gasteiger partial charge in [-0.2, -0.15) is 0 Å². The molecule has 6 heteroatoms. The van der Waals surface area contributed by atoms with E-state index in [0.29, 0.717) is 12.3 Å². The number of hydrogen-bond acceptors (Lipinski definition) is 4. The van der Waals surface area contributed by atoms with Crippen LogP contribution in [0.5, 0.6) is 5.75 Å². The first-order valence-electron chi connectivity index (χ1n) is 6.07. The zero-order valence-corrected chi connectivity index (χ0v) is 13.9. The monoisotopic (exact) mass is 359 g/mol. The molecule has 20 heavy (non-hydrogen) atoms. The molecule has 0 amide bonds. The molecule has 1 atom stereocenters. The summed E-state index contributed by atoms with van der Waals surface area (Å²) in [6, 6.07) is 5.49. The van der Waals surface area contributed by atoms with Gasteiger partial charge in [0.1, 0.15) is 22.2 Å². The Morgan fingerprint density at radius 2 is 2.20 bits per heavy atom. The number of nitrogens with one attached hydrogen (secondary N) is 1. The van der Waals surface area contributed by atoms with Crippen molar-refractivity contribution in [2.45, 2.75) is 19.5 Å². The van der Waals surface area contributed by atoms with Crippen LogP contribution in [0, 0.1) is 12.3 Å². The highest BCUT2D eigenvalue weighted by Crippen LogP contribution is 2.23. The average Bonchev–Trinajstić information content (AvgIpc) is 2.33. The SMILES string of the molecule is C#CCOc1ccc(Br)cc1CNC(C)CS(C)(=O)=O. The van der Waals surface area contributed by atoms with E-state index in [1.165, 1.54) is 6.26 Å². The molecule has 0 aliphatic rings. The second-order valence-corrected chi connectivity index (χ2v) is 7.72. The predicted octanol–water partition coefficient (Wildman–Crippen LogP) is 1.98. The standard InChI is InChI=1S/C14H18BrNO3S/c1-4-7-19-14-6-5-13(15)8-12(14)9-16-11(2)10-20(3,17)18/h1,5-6,8,11,16H,7,9-10H2,2-3H3. The number of halogens is 1. The normalized spacial score (nSPS) is 12.7. The highest BCUT2D eigenvalue weighted by Gasteiger charge is 2.11. The van der Waals surface area contributed by atoms with Gasteiger partial charge in [0, 0.05) is 28.9 Å². The third-order valence-electron chi connectivity index (χ3n) is 2.53. The highest BCUT2D eigenvalue weighted by atomic mass is 79.9. The maximum Gasteiger partial charge on any atom is 0.148 e. The Balaban J connectivity index is 2.71. The van der Waals surface area contributed by atoms with Crippen molar-refractivity contribution >= 4 is 25.8 Å². The van der Waals surface area contributed by atoms with E-state index in [0.717, 1.165) is 10.0 Å². The van der Waals surface area contributed by atoms with Gasteiger partial charge in [0.05, 0.1) is 5.75 Å². The minimum Gasteiger partial charge on any atom is -0.481 e. The molecule has 1 aromatic carbocycles. The second kappa shape index (κ2) is 7.67. The Morgan fingerprint density at radius 3 is 2.80 bits per heavy atom. The Bertz CT molecular complexity index is 593. The summed E-state index contributed by atoms with van der Waals surface area (Å²) in [5, 5.41) is 3.17. The van der Waals surface area contributed by atoms with Gasteiger partial charge in [0.2, 0.25) is 0 Å². The van der Waals surface area contributed by atoms with Crippen molar-refractivity contribution in [1.29, 1.82) is 0 Å². The first-order valence-corrected chi connectivity index (χ1v) is 8.93. The fraction of sp³-hybridized carbons (Fsp3) is 0.429. The van der Waals surface area contributed by atoms with Crippen molar-refractivity contribution in [3.8, 4) is 18.1 Å². The lowest BCUT2D eigenvalue weighted by Crippen LogP contribution is -2.32. The molecule has 1 unspecified atom stereocenters.